The van der Waals surface area contributed by atoms with Gasteiger partial charge in [0.1, 0.15) is 0 Å². The van der Waals surface area contributed by atoms with E-state index in [0.29, 0.717) is 13.2 Å². The Morgan fingerprint density at radius 1 is 1.44 bits per heavy atom. The minimum absolute atomic E-state index is 0.199. The van der Waals surface area contributed by atoms with E-state index >= 15 is 0 Å². The lowest BCUT2D eigenvalue weighted by atomic mass is 9.90. The molecular weight excluding hydrogens is 246 g/mol. The third-order valence-electron chi connectivity index (χ3n) is 3.84. The average Bonchev–Trinajstić information content (AvgIpc) is 2.81. The number of carbonyl (C=O) groups excluding carboxylic acids is 1. The van der Waals surface area contributed by atoms with Crippen molar-refractivity contribution in [1.82, 2.24) is 4.90 Å². The highest BCUT2D eigenvalue weighted by atomic mass is 32.1. The molecule has 0 radical (unpaired) electrons. The van der Waals surface area contributed by atoms with E-state index in [0.717, 1.165) is 36.7 Å². The molecule has 2 heterocycles. The van der Waals surface area contributed by atoms with Crippen molar-refractivity contribution in [3.8, 4) is 0 Å². The molecule has 3 nitrogen and oxygen atoms in total. The van der Waals surface area contributed by atoms with Crippen molar-refractivity contribution in [3.05, 3.63) is 21.4 Å². The van der Waals surface area contributed by atoms with Crippen LogP contribution in [-0.2, 0) is 17.6 Å². The van der Waals surface area contributed by atoms with Gasteiger partial charge < -0.3 is 9.64 Å². The van der Waals surface area contributed by atoms with Crippen molar-refractivity contribution in [3.63, 3.8) is 0 Å². The van der Waals surface area contributed by atoms with E-state index in [2.05, 4.69) is 13.0 Å². The summed E-state index contributed by atoms with van der Waals surface area (Å²) in [5, 5.41) is 0. The van der Waals surface area contributed by atoms with Crippen LogP contribution < -0.4 is 0 Å². The molecule has 0 spiro atoms. The Balaban J connectivity index is 1.78. The molecule has 1 aromatic rings. The summed E-state index contributed by atoms with van der Waals surface area (Å²) in [5.41, 5.74) is 1.41. The highest BCUT2D eigenvalue weighted by Gasteiger charge is 2.24. The normalized spacial score (nSPS) is 23.8. The van der Waals surface area contributed by atoms with Crippen LogP contribution >= 0.6 is 11.3 Å². The summed E-state index contributed by atoms with van der Waals surface area (Å²) in [5.74, 6) is 0.962. The van der Waals surface area contributed by atoms with Crippen LogP contribution in [0.2, 0.25) is 0 Å². The topological polar surface area (TPSA) is 29.5 Å². The molecule has 1 aliphatic heterocycles. The van der Waals surface area contributed by atoms with E-state index in [1.165, 1.54) is 16.9 Å². The number of nitrogens with zero attached hydrogens (tertiary/aromatic N) is 1. The van der Waals surface area contributed by atoms with Gasteiger partial charge in [0.05, 0.1) is 18.1 Å². The van der Waals surface area contributed by atoms with Crippen molar-refractivity contribution in [2.45, 2.75) is 26.2 Å². The summed E-state index contributed by atoms with van der Waals surface area (Å²) in [6.45, 7) is 5.11. The molecule has 1 fully saturated rings. The summed E-state index contributed by atoms with van der Waals surface area (Å²) in [6, 6.07) is 2.13. The number of morpholine rings is 1. The van der Waals surface area contributed by atoms with E-state index < -0.39 is 0 Å². The second-order valence-corrected chi connectivity index (χ2v) is 6.45. The molecule has 1 aromatic heterocycles. The second kappa shape index (κ2) is 5.02. The molecule has 98 valence electrons. The Kier molecular flexibility index (Phi) is 3.39. The van der Waals surface area contributed by atoms with Crippen LogP contribution in [0.5, 0.6) is 0 Å². The standard InChI is InChI=1S/C14H19NO2S/c1-10-2-3-12-11(8-10)9-13(18-12)14(16)15-4-6-17-7-5-15/h9-10H,2-8H2,1H3/t10-/m1/s1. The largest absolute Gasteiger partial charge is 0.378 e. The van der Waals surface area contributed by atoms with Gasteiger partial charge in [-0.3, -0.25) is 4.79 Å². The molecule has 2 aliphatic rings. The van der Waals surface area contributed by atoms with Gasteiger partial charge in [-0.05, 0) is 36.8 Å². The molecule has 1 atom stereocenters. The van der Waals surface area contributed by atoms with Gasteiger partial charge in [0, 0.05) is 18.0 Å². The summed E-state index contributed by atoms with van der Waals surface area (Å²) in [4.78, 5) is 16.7. The van der Waals surface area contributed by atoms with Gasteiger partial charge in [-0.2, -0.15) is 0 Å². The first-order chi connectivity index (χ1) is 8.74. The number of carbonyl (C=O) groups is 1. The fourth-order valence-corrected chi connectivity index (χ4v) is 3.91. The van der Waals surface area contributed by atoms with Gasteiger partial charge in [-0.15, -0.1) is 11.3 Å². The molecule has 0 aromatic carbocycles. The van der Waals surface area contributed by atoms with Crippen LogP contribution in [0.15, 0.2) is 6.07 Å². The van der Waals surface area contributed by atoms with Gasteiger partial charge in [0.2, 0.25) is 0 Å². The van der Waals surface area contributed by atoms with E-state index in [-0.39, 0.29) is 5.91 Å². The smallest absolute Gasteiger partial charge is 0.264 e. The Hall–Kier alpha value is -0.870. The van der Waals surface area contributed by atoms with Crippen molar-refractivity contribution in [2.24, 2.45) is 5.92 Å². The first-order valence-electron chi connectivity index (χ1n) is 6.72. The molecule has 0 unspecified atom stereocenters. The Bertz CT molecular complexity index is 449. The fraction of sp³-hybridized carbons (Fsp3) is 0.643. The van der Waals surface area contributed by atoms with Gasteiger partial charge in [0.15, 0.2) is 0 Å². The fourth-order valence-electron chi connectivity index (χ4n) is 2.73. The van der Waals surface area contributed by atoms with Crippen LogP contribution in [0.1, 0.15) is 33.5 Å². The highest BCUT2D eigenvalue weighted by molar-refractivity contribution is 7.14. The number of hydrogen-bond donors (Lipinski definition) is 0. The number of rotatable bonds is 1. The van der Waals surface area contributed by atoms with E-state index in [4.69, 9.17) is 4.74 Å². The SMILES string of the molecule is C[C@@H]1CCc2sc(C(=O)N3CCOCC3)cc2C1. The number of thiophene rings is 1. The maximum Gasteiger partial charge on any atom is 0.264 e. The van der Waals surface area contributed by atoms with Crippen molar-refractivity contribution >= 4 is 17.2 Å². The van der Waals surface area contributed by atoms with Gasteiger partial charge in [0.25, 0.3) is 5.91 Å². The van der Waals surface area contributed by atoms with E-state index in [9.17, 15) is 4.79 Å². The van der Waals surface area contributed by atoms with Gasteiger partial charge in [-0.1, -0.05) is 6.92 Å². The Morgan fingerprint density at radius 3 is 3.00 bits per heavy atom. The summed E-state index contributed by atoms with van der Waals surface area (Å²) in [7, 11) is 0. The molecule has 0 N–H and O–H groups in total. The number of hydrogen-bond acceptors (Lipinski definition) is 3. The van der Waals surface area contributed by atoms with Crippen LogP contribution in [0.25, 0.3) is 0 Å². The maximum absolute atomic E-state index is 12.4. The van der Waals surface area contributed by atoms with Crippen molar-refractivity contribution < 1.29 is 9.53 Å². The minimum atomic E-state index is 0.199. The molecule has 4 heteroatoms. The lowest BCUT2D eigenvalue weighted by Crippen LogP contribution is -2.40. The number of fused-ring (bicyclic) bond motifs is 1. The highest BCUT2D eigenvalue weighted by Crippen LogP contribution is 2.32. The lowest BCUT2D eigenvalue weighted by Gasteiger charge is -2.26. The molecule has 1 saturated heterocycles. The number of aryl methyl sites for hydroxylation is 1. The zero-order chi connectivity index (χ0) is 12.5. The summed E-state index contributed by atoms with van der Waals surface area (Å²) in [6.07, 6.45) is 3.55. The summed E-state index contributed by atoms with van der Waals surface area (Å²) < 4.78 is 5.29. The molecule has 1 aliphatic carbocycles. The molecule has 1 amide bonds. The monoisotopic (exact) mass is 265 g/mol. The van der Waals surface area contributed by atoms with Crippen LogP contribution in [0.3, 0.4) is 0 Å². The molecule has 18 heavy (non-hydrogen) atoms. The summed E-state index contributed by atoms with van der Waals surface area (Å²) >= 11 is 1.71. The number of ether oxygens (including phenoxy) is 1. The van der Waals surface area contributed by atoms with Crippen LogP contribution in [0.4, 0.5) is 0 Å². The molecule has 3 rings (SSSR count). The Morgan fingerprint density at radius 2 is 2.22 bits per heavy atom. The predicted octanol–water partition coefficient (Wildman–Crippen LogP) is 2.35. The quantitative estimate of drug-likeness (QED) is 0.780. The predicted molar refractivity (Wildman–Crippen MR) is 72.2 cm³/mol. The zero-order valence-corrected chi connectivity index (χ0v) is 11.6. The van der Waals surface area contributed by atoms with E-state index in [1.54, 1.807) is 11.3 Å². The first-order valence-corrected chi connectivity index (χ1v) is 7.54. The molecular formula is C14H19NO2S. The maximum atomic E-state index is 12.4. The second-order valence-electron chi connectivity index (χ2n) is 5.31. The zero-order valence-electron chi connectivity index (χ0n) is 10.8. The van der Waals surface area contributed by atoms with Crippen molar-refractivity contribution in [1.29, 1.82) is 0 Å². The van der Waals surface area contributed by atoms with Gasteiger partial charge in [-0.25, -0.2) is 0 Å². The van der Waals surface area contributed by atoms with E-state index in [1.807, 2.05) is 4.90 Å². The average molecular weight is 265 g/mol. The van der Waals surface area contributed by atoms with Crippen LogP contribution in [-0.4, -0.2) is 37.1 Å². The third kappa shape index (κ3) is 2.31. The first kappa shape index (κ1) is 12.2. The minimum Gasteiger partial charge on any atom is -0.378 e. The number of amides is 1. The molecule has 0 saturated carbocycles. The van der Waals surface area contributed by atoms with Crippen LogP contribution in [0, 0.1) is 5.92 Å². The van der Waals surface area contributed by atoms with Crippen molar-refractivity contribution in [2.75, 3.05) is 26.3 Å². The van der Waals surface area contributed by atoms with Gasteiger partial charge >= 0.3 is 0 Å². The molecule has 0 bridgehead atoms. The lowest BCUT2D eigenvalue weighted by molar-refractivity contribution is 0.0306. The third-order valence-corrected chi connectivity index (χ3v) is 5.06. The Labute approximate surface area is 112 Å².